The van der Waals surface area contributed by atoms with Crippen LogP contribution in [0.25, 0.3) is 0 Å². The van der Waals surface area contributed by atoms with Crippen LogP contribution in [0.5, 0.6) is 0 Å². The minimum absolute atomic E-state index is 0.0708. The van der Waals surface area contributed by atoms with Crippen LogP contribution in [0, 0.1) is 17.5 Å². The molecule has 6 nitrogen and oxygen atoms in total. The molecule has 0 unspecified atom stereocenters. The summed E-state index contributed by atoms with van der Waals surface area (Å²) in [7, 11) is 0. The van der Waals surface area contributed by atoms with Crippen molar-refractivity contribution in [2.75, 3.05) is 41.3 Å². The average molecular weight is 386 g/mol. The van der Waals surface area contributed by atoms with Crippen molar-refractivity contribution in [1.82, 2.24) is 15.2 Å². The molecule has 3 aromatic rings. The van der Waals surface area contributed by atoms with E-state index in [0.717, 1.165) is 30.9 Å². The number of aromatic nitrogens is 3. The average Bonchev–Trinajstić information content (AvgIpc) is 2.71. The molecule has 2 aromatic carbocycles. The van der Waals surface area contributed by atoms with Gasteiger partial charge in [0.25, 0.3) is 0 Å². The molecule has 1 aromatic heterocycles. The summed E-state index contributed by atoms with van der Waals surface area (Å²) in [5, 5.41) is 10.5. The highest BCUT2D eigenvalue weighted by Gasteiger charge is 2.19. The van der Waals surface area contributed by atoms with Crippen molar-refractivity contribution in [3.63, 3.8) is 0 Å². The summed E-state index contributed by atoms with van der Waals surface area (Å²) in [6, 6.07) is 9.63. The molecule has 0 bridgehead atoms. The highest BCUT2D eigenvalue weighted by atomic mass is 19.1. The molecule has 2 heterocycles. The third-order valence-electron chi connectivity index (χ3n) is 4.52. The van der Waals surface area contributed by atoms with Crippen molar-refractivity contribution in [2.45, 2.75) is 0 Å². The summed E-state index contributed by atoms with van der Waals surface area (Å²) in [6.45, 7) is 2.87. The Morgan fingerprint density at radius 2 is 1.50 bits per heavy atom. The summed E-state index contributed by atoms with van der Waals surface area (Å²) in [5.41, 5.74) is 1.04. The second-order valence-electron chi connectivity index (χ2n) is 6.34. The van der Waals surface area contributed by atoms with Gasteiger partial charge in [-0.3, -0.25) is 0 Å². The van der Waals surface area contributed by atoms with Crippen LogP contribution >= 0.6 is 0 Å². The molecule has 0 radical (unpaired) electrons. The van der Waals surface area contributed by atoms with Gasteiger partial charge in [-0.2, -0.15) is 10.1 Å². The Morgan fingerprint density at radius 1 is 0.821 bits per heavy atom. The lowest BCUT2D eigenvalue weighted by molar-refractivity contribution is 0.585. The van der Waals surface area contributed by atoms with Crippen molar-refractivity contribution >= 4 is 23.1 Å². The van der Waals surface area contributed by atoms with E-state index in [-0.39, 0.29) is 17.5 Å². The van der Waals surface area contributed by atoms with Gasteiger partial charge in [0.1, 0.15) is 17.5 Å². The fraction of sp³-hybridized carbons (Fsp3) is 0.211. The van der Waals surface area contributed by atoms with Gasteiger partial charge >= 0.3 is 0 Å². The quantitative estimate of drug-likeness (QED) is 0.742. The normalized spacial score (nSPS) is 14.2. The fourth-order valence-corrected chi connectivity index (χ4v) is 3.06. The minimum atomic E-state index is -0.734. The monoisotopic (exact) mass is 386 g/mol. The molecule has 0 saturated carbocycles. The van der Waals surface area contributed by atoms with Crippen molar-refractivity contribution < 1.29 is 13.2 Å². The molecule has 1 saturated heterocycles. The predicted molar refractivity (Wildman–Crippen MR) is 100 cm³/mol. The summed E-state index contributed by atoms with van der Waals surface area (Å²) in [4.78, 5) is 8.58. The number of hydrogen-bond acceptors (Lipinski definition) is 6. The van der Waals surface area contributed by atoms with Gasteiger partial charge in [0, 0.05) is 37.9 Å². The van der Waals surface area contributed by atoms with E-state index in [2.05, 4.69) is 25.4 Å². The second-order valence-corrected chi connectivity index (χ2v) is 6.34. The van der Waals surface area contributed by atoms with Gasteiger partial charge in [0.05, 0.1) is 11.9 Å². The second kappa shape index (κ2) is 7.71. The topological polar surface area (TPSA) is 57.2 Å². The third kappa shape index (κ3) is 3.98. The highest BCUT2D eigenvalue weighted by molar-refractivity contribution is 5.55. The zero-order chi connectivity index (χ0) is 19.5. The highest BCUT2D eigenvalue weighted by Crippen LogP contribution is 2.22. The molecule has 4 rings (SSSR count). The van der Waals surface area contributed by atoms with Gasteiger partial charge in [0.2, 0.25) is 5.95 Å². The van der Waals surface area contributed by atoms with Crippen molar-refractivity contribution in [1.29, 1.82) is 0 Å². The summed E-state index contributed by atoms with van der Waals surface area (Å²) >= 11 is 0. The molecular weight excluding hydrogens is 369 g/mol. The smallest absolute Gasteiger partial charge is 0.249 e. The van der Waals surface area contributed by atoms with Crippen LogP contribution in [0.1, 0.15) is 0 Å². The molecule has 0 amide bonds. The molecule has 28 heavy (non-hydrogen) atoms. The largest absolute Gasteiger partial charge is 0.368 e. The van der Waals surface area contributed by atoms with Crippen LogP contribution in [-0.2, 0) is 0 Å². The van der Waals surface area contributed by atoms with Gasteiger partial charge in [-0.1, -0.05) is 0 Å². The molecule has 1 aliphatic heterocycles. The first kappa shape index (κ1) is 18.0. The number of hydrogen-bond donors (Lipinski definition) is 1. The number of piperazine rings is 1. The Bertz CT molecular complexity index is 958. The van der Waals surface area contributed by atoms with E-state index in [9.17, 15) is 13.2 Å². The van der Waals surface area contributed by atoms with Crippen LogP contribution in [0.3, 0.4) is 0 Å². The van der Waals surface area contributed by atoms with Crippen LogP contribution in [-0.4, -0.2) is 41.4 Å². The fourth-order valence-electron chi connectivity index (χ4n) is 3.06. The zero-order valence-corrected chi connectivity index (χ0v) is 14.8. The number of rotatable bonds is 4. The van der Waals surface area contributed by atoms with E-state index >= 15 is 0 Å². The van der Waals surface area contributed by atoms with Crippen molar-refractivity contribution in [2.24, 2.45) is 0 Å². The SMILES string of the molecule is Fc1ccc(N2CCN(c3cnnc(Nc4ccc(F)cc4F)n3)CC2)cc1. The van der Waals surface area contributed by atoms with Gasteiger partial charge in [-0.25, -0.2) is 13.2 Å². The molecule has 9 heteroatoms. The van der Waals surface area contributed by atoms with E-state index in [4.69, 9.17) is 0 Å². The maximum atomic E-state index is 13.8. The summed E-state index contributed by atoms with van der Waals surface area (Å²) < 4.78 is 39.9. The first-order valence-corrected chi connectivity index (χ1v) is 8.76. The van der Waals surface area contributed by atoms with Crippen LogP contribution in [0.2, 0.25) is 0 Å². The first-order valence-electron chi connectivity index (χ1n) is 8.76. The Balaban J connectivity index is 1.43. The molecule has 144 valence electrons. The van der Waals surface area contributed by atoms with Gasteiger partial charge < -0.3 is 15.1 Å². The van der Waals surface area contributed by atoms with Gasteiger partial charge in [-0.15, -0.1) is 5.10 Å². The number of benzene rings is 2. The van der Waals surface area contributed by atoms with Crippen molar-refractivity contribution in [3.8, 4) is 0 Å². The molecule has 1 N–H and O–H groups in total. The summed E-state index contributed by atoms with van der Waals surface area (Å²) in [5.74, 6) is -0.911. The number of nitrogens with one attached hydrogen (secondary N) is 1. The van der Waals surface area contributed by atoms with Gasteiger partial charge in [-0.05, 0) is 36.4 Å². The zero-order valence-electron chi connectivity index (χ0n) is 14.8. The molecule has 1 aliphatic rings. The molecule has 0 spiro atoms. The number of halogens is 3. The minimum Gasteiger partial charge on any atom is -0.368 e. The Hall–Kier alpha value is -3.36. The third-order valence-corrected chi connectivity index (χ3v) is 4.52. The van der Waals surface area contributed by atoms with Crippen LogP contribution in [0.15, 0.2) is 48.7 Å². The Labute approximate surface area is 159 Å². The van der Waals surface area contributed by atoms with E-state index < -0.39 is 11.6 Å². The lowest BCUT2D eigenvalue weighted by Gasteiger charge is -2.36. The molecule has 0 atom stereocenters. The molecular formula is C19H17F3N6. The predicted octanol–water partition coefficient (Wildman–Crippen LogP) is 3.36. The number of nitrogens with zero attached hydrogens (tertiary/aromatic N) is 5. The van der Waals surface area contributed by atoms with Crippen molar-refractivity contribution in [3.05, 3.63) is 66.1 Å². The van der Waals surface area contributed by atoms with E-state index in [0.29, 0.717) is 18.9 Å². The Morgan fingerprint density at radius 3 is 2.21 bits per heavy atom. The molecule has 1 fully saturated rings. The maximum absolute atomic E-state index is 13.8. The lowest BCUT2D eigenvalue weighted by atomic mass is 10.2. The first-order chi connectivity index (χ1) is 13.6. The summed E-state index contributed by atoms with van der Waals surface area (Å²) in [6.07, 6.45) is 1.54. The van der Waals surface area contributed by atoms with E-state index in [1.807, 2.05) is 4.90 Å². The molecule has 0 aliphatic carbocycles. The van der Waals surface area contributed by atoms with E-state index in [1.165, 1.54) is 18.2 Å². The van der Waals surface area contributed by atoms with E-state index in [1.54, 1.807) is 18.3 Å². The lowest BCUT2D eigenvalue weighted by Crippen LogP contribution is -2.46. The standard InChI is InChI=1S/C19H17F3N6/c20-13-1-4-15(5-2-13)27-7-9-28(10-8-27)18-12-23-26-19(25-18)24-17-6-3-14(21)11-16(17)22/h1-6,11-12H,7-10H2,(H,24,25,26). The van der Waals surface area contributed by atoms with Gasteiger partial charge in [0.15, 0.2) is 5.82 Å². The Kier molecular flexibility index (Phi) is 4.96. The number of anilines is 4. The van der Waals surface area contributed by atoms with Crippen LogP contribution < -0.4 is 15.1 Å². The maximum Gasteiger partial charge on any atom is 0.249 e. The van der Waals surface area contributed by atoms with Crippen LogP contribution in [0.4, 0.5) is 36.3 Å².